The number of ether oxygens (including phenoxy) is 1. The van der Waals surface area contributed by atoms with Gasteiger partial charge in [-0.1, -0.05) is 0 Å². The first-order valence-electron chi connectivity index (χ1n) is 10.4. The predicted octanol–water partition coefficient (Wildman–Crippen LogP) is 4.84. The van der Waals surface area contributed by atoms with E-state index in [0.717, 1.165) is 4.88 Å². The van der Waals surface area contributed by atoms with Crippen LogP contribution < -0.4 is 10.2 Å². The maximum absolute atomic E-state index is 12.9. The quantitative estimate of drug-likeness (QED) is 0.183. The van der Waals surface area contributed by atoms with Crippen molar-refractivity contribution in [2.24, 2.45) is 0 Å². The van der Waals surface area contributed by atoms with Crippen molar-refractivity contribution in [1.82, 2.24) is 0 Å². The Labute approximate surface area is 196 Å². The molecule has 0 spiro atoms. The number of nitro benzene ring substituents is 1. The Morgan fingerprint density at radius 2 is 1.94 bits per heavy atom. The van der Waals surface area contributed by atoms with Gasteiger partial charge in [-0.15, -0.1) is 11.3 Å². The number of benzene rings is 1. The first-order chi connectivity index (χ1) is 15.7. The molecule has 1 amide bonds. The number of esters is 1. The van der Waals surface area contributed by atoms with Crippen LogP contribution in [0.1, 0.15) is 47.1 Å². The largest absolute Gasteiger partial charge is 0.462 e. The molecule has 0 saturated carbocycles. The van der Waals surface area contributed by atoms with Gasteiger partial charge < -0.3 is 15.0 Å². The van der Waals surface area contributed by atoms with Crippen LogP contribution in [-0.4, -0.2) is 36.5 Å². The number of carbonyl (C=O) groups is 2. The van der Waals surface area contributed by atoms with E-state index in [9.17, 15) is 25.0 Å². The fraction of sp³-hybridized carbons (Fsp3) is 0.348. The van der Waals surface area contributed by atoms with Gasteiger partial charge >= 0.3 is 5.97 Å². The van der Waals surface area contributed by atoms with Crippen molar-refractivity contribution in [2.45, 2.75) is 34.6 Å². The van der Waals surface area contributed by atoms with Crippen molar-refractivity contribution in [2.75, 3.05) is 29.9 Å². The molecule has 0 atom stereocenters. The maximum Gasteiger partial charge on any atom is 0.341 e. The van der Waals surface area contributed by atoms with Gasteiger partial charge in [0.25, 0.3) is 11.6 Å². The molecule has 1 aromatic heterocycles. The number of amides is 1. The minimum atomic E-state index is -0.721. The summed E-state index contributed by atoms with van der Waals surface area (Å²) in [6.07, 6.45) is 1.33. The molecule has 0 aliphatic rings. The zero-order chi connectivity index (χ0) is 24.7. The fourth-order valence-electron chi connectivity index (χ4n) is 3.26. The van der Waals surface area contributed by atoms with E-state index in [0.29, 0.717) is 29.9 Å². The molecular weight excluding hydrogens is 444 g/mol. The summed E-state index contributed by atoms with van der Waals surface area (Å²) in [4.78, 5) is 38.9. The van der Waals surface area contributed by atoms with Crippen molar-refractivity contribution in [3.8, 4) is 6.07 Å². The SMILES string of the molecule is CCOC(=O)c1c(NC(=O)/C(C#N)=C\c2cc([N+](=O)[O-])ccc2N(CC)CC)sc(C)c1C. The fourth-order valence-corrected chi connectivity index (χ4v) is 4.31. The minimum absolute atomic E-state index is 0.149. The number of aryl methyl sites for hydroxylation is 1. The standard InChI is InChI=1S/C23H26N4O5S/c1-6-26(7-2)19-10-9-18(27(30)31)12-16(19)11-17(13-24)21(28)25-22-20(23(29)32-8-3)14(4)15(5)33-22/h9-12H,6-8H2,1-5H3,(H,25,28)/b17-11-. The van der Waals surface area contributed by atoms with E-state index in [2.05, 4.69) is 5.32 Å². The average molecular weight is 471 g/mol. The molecule has 2 rings (SSSR count). The number of rotatable bonds is 9. The van der Waals surface area contributed by atoms with Crippen molar-refractivity contribution < 1.29 is 19.2 Å². The lowest BCUT2D eigenvalue weighted by Crippen LogP contribution is -2.23. The Morgan fingerprint density at radius 3 is 2.48 bits per heavy atom. The Morgan fingerprint density at radius 1 is 1.27 bits per heavy atom. The highest BCUT2D eigenvalue weighted by atomic mass is 32.1. The van der Waals surface area contributed by atoms with Crippen molar-refractivity contribution in [1.29, 1.82) is 5.26 Å². The number of non-ortho nitro benzene ring substituents is 1. The molecular formula is C23H26N4O5S. The third-order valence-electron chi connectivity index (χ3n) is 5.08. The maximum atomic E-state index is 12.9. The zero-order valence-electron chi connectivity index (χ0n) is 19.2. The first kappa shape index (κ1) is 25.5. The molecule has 0 unspecified atom stereocenters. The highest BCUT2D eigenvalue weighted by Gasteiger charge is 2.23. The zero-order valence-corrected chi connectivity index (χ0v) is 20.0. The second-order valence-corrected chi connectivity index (χ2v) is 8.23. The van der Waals surface area contributed by atoms with Gasteiger partial charge in [0.1, 0.15) is 16.6 Å². The number of nitrogens with zero attached hydrogens (tertiary/aromatic N) is 3. The average Bonchev–Trinajstić information content (AvgIpc) is 3.06. The van der Waals surface area contributed by atoms with Crippen LogP contribution >= 0.6 is 11.3 Å². The van der Waals surface area contributed by atoms with Crippen molar-refractivity contribution >= 4 is 45.7 Å². The number of carbonyl (C=O) groups excluding carboxylic acids is 2. The van der Waals surface area contributed by atoms with Crippen LogP contribution in [0.5, 0.6) is 0 Å². The monoisotopic (exact) mass is 470 g/mol. The topological polar surface area (TPSA) is 126 Å². The molecule has 1 aromatic carbocycles. The molecule has 9 nitrogen and oxygen atoms in total. The van der Waals surface area contributed by atoms with Crippen LogP contribution in [0.4, 0.5) is 16.4 Å². The van der Waals surface area contributed by atoms with Crippen LogP contribution in [0.3, 0.4) is 0 Å². The van der Waals surface area contributed by atoms with Gasteiger partial charge in [-0.2, -0.15) is 5.26 Å². The second kappa shape index (κ2) is 11.2. The molecule has 174 valence electrons. The van der Waals surface area contributed by atoms with Crippen LogP contribution in [0.25, 0.3) is 6.08 Å². The number of hydrogen-bond acceptors (Lipinski definition) is 8. The minimum Gasteiger partial charge on any atom is -0.462 e. The van der Waals surface area contributed by atoms with Crippen LogP contribution in [0, 0.1) is 35.3 Å². The van der Waals surface area contributed by atoms with Crippen LogP contribution in [0.15, 0.2) is 23.8 Å². The Kier molecular flexibility index (Phi) is 8.70. The summed E-state index contributed by atoms with van der Waals surface area (Å²) in [5, 5.41) is 23.9. The normalized spacial score (nSPS) is 11.0. The summed E-state index contributed by atoms with van der Waals surface area (Å²) in [7, 11) is 0. The van der Waals surface area contributed by atoms with E-state index in [1.165, 1.54) is 29.5 Å². The Bertz CT molecular complexity index is 1140. The third kappa shape index (κ3) is 5.75. The number of anilines is 2. The molecule has 33 heavy (non-hydrogen) atoms. The van der Waals surface area contributed by atoms with Gasteiger partial charge in [0, 0.05) is 41.4 Å². The molecule has 0 aliphatic carbocycles. The van der Waals surface area contributed by atoms with E-state index < -0.39 is 16.8 Å². The van der Waals surface area contributed by atoms with Gasteiger partial charge in [0.05, 0.1) is 17.1 Å². The van der Waals surface area contributed by atoms with Crippen molar-refractivity contribution in [3.05, 3.63) is 55.5 Å². The summed E-state index contributed by atoms with van der Waals surface area (Å²) in [6.45, 7) is 10.6. The highest BCUT2D eigenvalue weighted by Crippen LogP contribution is 2.34. The molecule has 10 heteroatoms. The second-order valence-electron chi connectivity index (χ2n) is 7.00. The molecule has 0 aliphatic heterocycles. The van der Waals surface area contributed by atoms with E-state index in [1.54, 1.807) is 19.9 Å². The molecule has 1 N–H and O–H groups in total. The lowest BCUT2D eigenvalue weighted by molar-refractivity contribution is -0.384. The number of hydrogen-bond donors (Lipinski definition) is 1. The van der Waals surface area contributed by atoms with Gasteiger partial charge in [0.15, 0.2) is 0 Å². The number of thiophene rings is 1. The van der Waals surface area contributed by atoms with Gasteiger partial charge in [-0.3, -0.25) is 14.9 Å². The Hall–Kier alpha value is -3.71. The van der Waals surface area contributed by atoms with E-state index in [-0.39, 0.29) is 28.4 Å². The van der Waals surface area contributed by atoms with E-state index in [4.69, 9.17) is 4.74 Å². The summed E-state index contributed by atoms with van der Waals surface area (Å²) in [5.74, 6) is -1.28. The lowest BCUT2D eigenvalue weighted by atomic mass is 10.1. The smallest absolute Gasteiger partial charge is 0.341 e. The van der Waals surface area contributed by atoms with Gasteiger partial charge in [-0.05, 0) is 52.3 Å². The molecule has 0 fully saturated rings. The lowest BCUT2D eigenvalue weighted by Gasteiger charge is -2.23. The molecule has 2 aromatic rings. The van der Waals surface area contributed by atoms with E-state index >= 15 is 0 Å². The van der Waals surface area contributed by atoms with Crippen molar-refractivity contribution in [3.63, 3.8) is 0 Å². The molecule has 0 radical (unpaired) electrons. The Balaban J connectivity index is 2.51. The number of nitrogens with one attached hydrogen (secondary N) is 1. The molecule has 1 heterocycles. The van der Waals surface area contributed by atoms with Gasteiger partial charge in [0.2, 0.25) is 0 Å². The van der Waals surface area contributed by atoms with E-state index in [1.807, 2.05) is 31.7 Å². The molecule has 0 saturated heterocycles. The molecule has 0 bridgehead atoms. The first-order valence-corrected chi connectivity index (χ1v) is 11.2. The van der Waals surface area contributed by atoms with Gasteiger partial charge in [-0.25, -0.2) is 4.79 Å². The predicted molar refractivity (Wildman–Crippen MR) is 129 cm³/mol. The number of nitriles is 1. The number of nitro groups is 1. The third-order valence-corrected chi connectivity index (χ3v) is 6.21. The summed E-state index contributed by atoms with van der Waals surface area (Å²) in [5.41, 5.74) is 1.60. The van der Waals surface area contributed by atoms with Crippen LogP contribution in [0.2, 0.25) is 0 Å². The highest BCUT2D eigenvalue weighted by molar-refractivity contribution is 7.16. The summed E-state index contributed by atoms with van der Waals surface area (Å²) in [6, 6.07) is 6.20. The van der Waals surface area contributed by atoms with Crippen LogP contribution in [-0.2, 0) is 9.53 Å². The summed E-state index contributed by atoms with van der Waals surface area (Å²) < 4.78 is 5.10. The summed E-state index contributed by atoms with van der Waals surface area (Å²) >= 11 is 1.21.